The molecule has 0 aliphatic rings. The van der Waals surface area contributed by atoms with E-state index in [9.17, 15) is 4.79 Å². The van der Waals surface area contributed by atoms with Gasteiger partial charge < -0.3 is 9.72 Å². The maximum atomic E-state index is 11.1. The number of carbonyl (C=O) groups is 1. The van der Waals surface area contributed by atoms with E-state index in [0.29, 0.717) is 5.56 Å². The molecule has 8 nitrogen and oxygen atoms in total. The summed E-state index contributed by atoms with van der Waals surface area (Å²) < 4.78 is 36.2. The Kier molecular flexibility index (Phi) is 4.37. The highest BCUT2D eigenvalue weighted by Gasteiger charge is 2.05. The molecule has 18 heavy (non-hydrogen) atoms. The lowest BCUT2D eigenvalue weighted by Gasteiger charge is -1.97. The molecule has 2 rings (SSSR count). The molecule has 3 N–H and O–H groups in total. The fourth-order valence-electron chi connectivity index (χ4n) is 1.18. The average molecular weight is 274 g/mol. The second-order valence-electron chi connectivity index (χ2n) is 3.07. The van der Waals surface area contributed by atoms with Gasteiger partial charge in [0.15, 0.2) is 0 Å². The van der Waals surface area contributed by atoms with Crippen molar-refractivity contribution in [1.82, 2.24) is 9.97 Å². The Bertz CT molecular complexity index is 640. The number of nitrogens with zero attached hydrogens (tertiary/aromatic N) is 1. The minimum atomic E-state index is -4.67. The number of aromatic amines is 1. The van der Waals surface area contributed by atoms with Gasteiger partial charge in [0.25, 0.3) is 0 Å². The third-order valence-corrected chi connectivity index (χ3v) is 1.84. The van der Waals surface area contributed by atoms with Gasteiger partial charge >= 0.3 is 16.4 Å². The summed E-state index contributed by atoms with van der Waals surface area (Å²) in [4.78, 5) is 18.1. The van der Waals surface area contributed by atoms with Crippen LogP contribution in [0.3, 0.4) is 0 Å². The van der Waals surface area contributed by atoms with Crippen LogP contribution in [0, 0.1) is 0 Å². The lowest BCUT2D eigenvalue weighted by molar-refractivity contribution is 0.0601. The zero-order valence-electron chi connectivity index (χ0n) is 9.19. The smallest absolute Gasteiger partial charge is 0.394 e. The molecule has 0 radical (unpaired) electrons. The number of ether oxygens (including phenoxy) is 1. The Morgan fingerprint density at radius 2 is 2.00 bits per heavy atom. The zero-order valence-corrected chi connectivity index (χ0v) is 10.0. The maximum Gasteiger partial charge on any atom is 0.394 e. The molecule has 1 aromatic heterocycles. The maximum absolute atomic E-state index is 11.1. The average Bonchev–Trinajstić information content (AvgIpc) is 2.72. The molecule has 2 aromatic rings. The summed E-state index contributed by atoms with van der Waals surface area (Å²) in [6.45, 7) is 0. The normalized spacial score (nSPS) is 10.6. The number of carbonyl (C=O) groups excluding carboxylic acids is 1. The number of nitrogens with one attached hydrogen (secondary N) is 1. The molecule has 1 heterocycles. The van der Waals surface area contributed by atoms with Gasteiger partial charge in [0, 0.05) is 0 Å². The van der Waals surface area contributed by atoms with Gasteiger partial charge in [0.2, 0.25) is 0 Å². The standard InChI is InChI=1S/C9H8N2O2.H2O4S/c1-13-9(12)6-2-3-7-8(4-6)11-5-10-7;1-5(2,3)4/h2-5H,1H3,(H,10,11);(H2,1,2,3,4). The van der Waals surface area contributed by atoms with Crippen LogP contribution < -0.4 is 0 Å². The van der Waals surface area contributed by atoms with E-state index in [1.807, 2.05) is 0 Å². The molecule has 98 valence electrons. The largest absolute Gasteiger partial charge is 0.465 e. The molecule has 0 aliphatic heterocycles. The molecule has 0 atom stereocenters. The van der Waals surface area contributed by atoms with Gasteiger partial charge in [-0.2, -0.15) is 8.42 Å². The Morgan fingerprint density at radius 3 is 2.56 bits per heavy atom. The van der Waals surface area contributed by atoms with E-state index in [1.165, 1.54) is 7.11 Å². The first-order valence-electron chi connectivity index (χ1n) is 4.52. The van der Waals surface area contributed by atoms with E-state index < -0.39 is 10.4 Å². The van der Waals surface area contributed by atoms with E-state index in [4.69, 9.17) is 17.5 Å². The topological polar surface area (TPSA) is 130 Å². The van der Waals surface area contributed by atoms with Crippen LogP contribution in [0.2, 0.25) is 0 Å². The van der Waals surface area contributed by atoms with Crippen LogP contribution in [-0.2, 0) is 15.1 Å². The SMILES string of the molecule is COC(=O)c1ccc2nc[nH]c2c1.O=S(=O)(O)O. The van der Waals surface area contributed by atoms with Gasteiger partial charge in [-0.25, -0.2) is 9.78 Å². The van der Waals surface area contributed by atoms with Gasteiger partial charge in [0.05, 0.1) is 30.0 Å². The number of methoxy groups -OCH3 is 1. The third kappa shape index (κ3) is 4.49. The molecule has 0 bridgehead atoms. The van der Waals surface area contributed by atoms with Gasteiger partial charge in [-0.15, -0.1) is 0 Å². The van der Waals surface area contributed by atoms with E-state index in [2.05, 4.69) is 14.7 Å². The van der Waals surface area contributed by atoms with Gasteiger partial charge in [-0.3, -0.25) is 9.11 Å². The summed E-state index contributed by atoms with van der Waals surface area (Å²) in [5.74, 6) is -0.337. The first kappa shape index (κ1) is 14.1. The van der Waals surface area contributed by atoms with Crippen molar-refractivity contribution in [3.63, 3.8) is 0 Å². The molecule has 9 heteroatoms. The third-order valence-electron chi connectivity index (χ3n) is 1.84. The summed E-state index contributed by atoms with van der Waals surface area (Å²) in [7, 11) is -3.31. The molecular formula is C9H10N2O6S. The van der Waals surface area contributed by atoms with Crippen molar-refractivity contribution in [2.24, 2.45) is 0 Å². The fraction of sp³-hybridized carbons (Fsp3) is 0.111. The number of benzene rings is 1. The van der Waals surface area contributed by atoms with Crippen LogP contribution in [0.1, 0.15) is 10.4 Å². The molecule has 0 aliphatic carbocycles. The Balaban J connectivity index is 0.000000280. The van der Waals surface area contributed by atoms with Crippen molar-refractivity contribution in [2.45, 2.75) is 0 Å². The second kappa shape index (κ2) is 5.58. The highest BCUT2D eigenvalue weighted by Crippen LogP contribution is 2.11. The molecule has 0 fully saturated rings. The summed E-state index contributed by atoms with van der Waals surface area (Å²) in [5.41, 5.74) is 2.20. The number of aromatic nitrogens is 2. The van der Waals surface area contributed by atoms with Crippen LogP contribution in [0.4, 0.5) is 0 Å². The summed E-state index contributed by atoms with van der Waals surface area (Å²) >= 11 is 0. The van der Waals surface area contributed by atoms with Crippen LogP contribution in [0.5, 0.6) is 0 Å². The van der Waals surface area contributed by atoms with Crippen molar-refractivity contribution in [1.29, 1.82) is 0 Å². The lowest BCUT2D eigenvalue weighted by atomic mass is 10.2. The second-order valence-corrected chi connectivity index (χ2v) is 3.97. The number of hydrogen-bond donors (Lipinski definition) is 3. The Morgan fingerprint density at radius 1 is 1.39 bits per heavy atom. The number of rotatable bonds is 1. The summed E-state index contributed by atoms with van der Waals surface area (Å²) in [6, 6.07) is 5.18. The van der Waals surface area contributed by atoms with Crippen LogP contribution in [0.15, 0.2) is 24.5 Å². The van der Waals surface area contributed by atoms with Crippen LogP contribution in [-0.4, -0.2) is 40.6 Å². The summed E-state index contributed by atoms with van der Waals surface area (Å²) in [5, 5.41) is 0. The van der Waals surface area contributed by atoms with Crippen LogP contribution in [0.25, 0.3) is 11.0 Å². The van der Waals surface area contributed by atoms with E-state index in [0.717, 1.165) is 11.0 Å². The number of H-pyrrole nitrogens is 1. The predicted octanol–water partition coefficient (Wildman–Crippen LogP) is 0.697. The quantitative estimate of drug-likeness (QED) is 0.515. The molecule has 0 saturated carbocycles. The Hall–Kier alpha value is -1.97. The molecule has 0 saturated heterocycles. The number of hydrogen-bond acceptors (Lipinski definition) is 5. The van der Waals surface area contributed by atoms with E-state index >= 15 is 0 Å². The summed E-state index contributed by atoms with van der Waals surface area (Å²) in [6.07, 6.45) is 1.59. The number of fused-ring (bicyclic) bond motifs is 1. The van der Waals surface area contributed by atoms with Crippen molar-refractivity contribution in [2.75, 3.05) is 7.11 Å². The number of esters is 1. The van der Waals surface area contributed by atoms with Crippen molar-refractivity contribution in [3.05, 3.63) is 30.1 Å². The van der Waals surface area contributed by atoms with Crippen LogP contribution >= 0.6 is 0 Å². The highest BCUT2D eigenvalue weighted by molar-refractivity contribution is 7.79. The fourth-order valence-corrected chi connectivity index (χ4v) is 1.18. The Labute approximate surface area is 102 Å². The first-order chi connectivity index (χ1) is 8.31. The zero-order chi connectivity index (χ0) is 13.8. The first-order valence-corrected chi connectivity index (χ1v) is 5.92. The molecular weight excluding hydrogens is 264 g/mol. The van der Waals surface area contributed by atoms with Crippen molar-refractivity contribution < 1.29 is 27.1 Å². The highest BCUT2D eigenvalue weighted by atomic mass is 32.3. The van der Waals surface area contributed by atoms with Gasteiger partial charge in [-0.05, 0) is 18.2 Å². The van der Waals surface area contributed by atoms with E-state index in [-0.39, 0.29) is 5.97 Å². The van der Waals surface area contributed by atoms with Gasteiger partial charge in [0.1, 0.15) is 0 Å². The lowest BCUT2D eigenvalue weighted by Crippen LogP contribution is -2.00. The monoisotopic (exact) mass is 274 g/mol. The number of imidazole rings is 1. The van der Waals surface area contributed by atoms with Crippen molar-refractivity contribution in [3.8, 4) is 0 Å². The molecule has 1 aromatic carbocycles. The minimum Gasteiger partial charge on any atom is -0.465 e. The van der Waals surface area contributed by atoms with Crippen molar-refractivity contribution >= 4 is 27.4 Å². The van der Waals surface area contributed by atoms with E-state index in [1.54, 1.807) is 24.5 Å². The molecule has 0 spiro atoms. The minimum absolute atomic E-state index is 0.337. The predicted molar refractivity (Wildman–Crippen MR) is 61.6 cm³/mol. The molecule has 0 unspecified atom stereocenters. The molecule has 0 amide bonds. The van der Waals surface area contributed by atoms with Gasteiger partial charge in [-0.1, -0.05) is 0 Å².